The Labute approximate surface area is 122 Å². The molecule has 0 saturated heterocycles. The number of hydrogen-bond donors (Lipinski definition) is 2. The summed E-state index contributed by atoms with van der Waals surface area (Å²) >= 11 is 0. The molecule has 21 heavy (non-hydrogen) atoms. The normalized spacial score (nSPS) is 11.5. The van der Waals surface area contributed by atoms with Gasteiger partial charge in [0.15, 0.2) is 0 Å². The molecule has 6 heteroatoms. The molecule has 2 aromatic carbocycles. The van der Waals surface area contributed by atoms with Crippen molar-refractivity contribution in [3.05, 3.63) is 54.7 Å². The van der Waals surface area contributed by atoms with Crippen molar-refractivity contribution in [1.82, 2.24) is 4.98 Å². The maximum absolute atomic E-state index is 12.3. The first-order valence-corrected chi connectivity index (χ1v) is 7.81. The number of rotatable bonds is 4. The Bertz CT molecular complexity index is 870. The summed E-state index contributed by atoms with van der Waals surface area (Å²) in [7, 11) is -2.03. The number of methoxy groups -OCH3 is 1. The van der Waals surface area contributed by atoms with Crippen LogP contribution in [0.4, 0.5) is 5.69 Å². The quantitative estimate of drug-likeness (QED) is 0.778. The first-order chi connectivity index (χ1) is 10.1. The number of hydrogen-bond acceptors (Lipinski definition) is 3. The van der Waals surface area contributed by atoms with Crippen molar-refractivity contribution in [3.8, 4) is 5.75 Å². The summed E-state index contributed by atoms with van der Waals surface area (Å²) in [6.07, 6.45) is 1.63. The van der Waals surface area contributed by atoms with Crippen molar-refractivity contribution in [1.29, 1.82) is 0 Å². The average Bonchev–Trinajstić information content (AvgIpc) is 2.90. The van der Waals surface area contributed by atoms with Crippen LogP contribution >= 0.6 is 0 Å². The summed E-state index contributed by atoms with van der Waals surface area (Å²) in [6.45, 7) is 0. The summed E-state index contributed by atoms with van der Waals surface area (Å²) in [5.41, 5.74) is 1.33. The van der Waals surface area contributed by atoms with E-state index < -0.39 is 10.0 Å². The molecule has 0 aliphatic rings. The lowest BCUT2D eigenvalue weighted by Crippen LogP contribution is -2.12. The number of fused-ring (bicyclic) bond motifs is 1. The fraction of sp³-hybridized carbons (Fsp3) is 0.0667. The lowest BCUT2D eigenvalue weighted by atomic mass is 10.2. The molecule has 1 heterocycles. The standard InChI is InChI=1S/C15H14N2O3S/c1-20-11-7-8-14-13(9-11)15(10-16-14)17-21(18,19)12-5-3-2-4-6-12/h2-10,16-17H,1H3. The van der Waals surface area contributed by atoms with Crippen LogP contribution in [0.2, 0.25) is 0 Å². The van der Waals surface area contributed by atoms with Gasteiger partial charge in [-0.05, 0) is 30.3 Å². The van der Waals surface area contributed by atoms with Crippen LogP contribution in [0.1, 0.15) is 0 Å². The number of anilines is 1. The van der Waals surface area contributed by atoms with E-state index >= 15 is 0 Å². The molecule has 0 amide bonds. The van der Waals surface area contributed by atoms with Gasteiger partial charge in [-0.2, -0.15) is 0 Å². The molecule has 0 aliphatic heterocycles. The van der Waals surface area contributed by atoms with Gasteiger partial charge in [0, 0.05) is 17.1 Å². The highest BCUT2D eigenvalue weighted by atomic mass is 32.2. The predicted molar refractivity (Wildman–Crippen MR) is 82.1 cm³/mol. The van der Waals surface area contributed by atoms with Crippen LogP contribution in [0.5, 0.6) is 5.75 Å². The van der Waals surface area contributed by atoms with Crippen LogP contribution in [-0.2, 0) is 10.0 Å². The fourth-order valence-electron chi connectivity index (χ4n) is 2.11. The molecule has 3 aromatic rings. The number of aromatic amines is 1. The van der Waals surface area contributed by atoms with Gasteiger partial charge in [-0.1, -0.05) is 18.2 Å². The van der Waals surface area contributed by atoms with Crippen molar-refractivity contribution in [2.24, 2.45) is 0 Å². The number of aromatic nitrogens is 1. The largest absolute Gasteiger partial charge is 0.497 e. The molecule has 0 saturated carbocycles. The van der Waals surface area contributed by atoms with Gasteiger partial charge in [-0.25, -0.2) is 8.42 Å². The highest BCUT2D eigenvalue weighted by Gasteiger charge is 2.16. The Morgan fingerprint density at radius 3 is 2.57 bits per heavy atom. The maximum Gasteiger partial charge on any atom is 0.261 e. The maximum atomic E-state index is 12.3. The Balaban J connectivity index is 2.02. The van der Waals surface area contributed by atoms with Gasteiger partial charge >= 0.3 is 0 Å². The Morgan fingerprint density at radius 2 is 1.86 bits per heavy atom. The fourth-order valence-corrected chi connectivity index (χ4v) is 3.21. The minimum absolute atomic E-state index is 0.224. The molecular formula is C15H14N2O3S. The van der Waals surface area contributed by atoms with E-state index in [9.17, 15) is 8.42 Å². The Morgan fingerprint density at radius 1 is 1.10 bits per heavy atom. The van der Waals surface area contributed by atoms with Crippen LogP contribution in [0.15, 0.2) is 59.6 Å². The van der Waals surface area contributed by atoms with Crippen molar-refractivity contribution in [2.75, 3.05) is 11.8 Å². The first kappa shape index (κ1) is 13.5. The molecule has 0 aliphatic carbocycles. The second-order valence-electron chi connectivity index (χ2n) is 4.53. The van der Waals surface area contributed by atoms with Gasteiger partial charge in [0.1, 0.15) is 5.75 Å². The Hall–Kier alpha value is -2.47. The highest BCUT2D eigenvalue weighted by Crippen LogP contribution is 2.28. The predicted octanol–water partition coefficient (Wildman–Crippen LogP) is 2.98. The SMILES string of the molecule is COc1ccc2[nH]cc(NS(=O)(=O)c3ccccc3)c2c1. The third kappa shape index (κ3) is 2.57. The topological polar surface area (TPSA) is 71.2 Å². The molecule has 0 unspecified atom stereocenters. The number of ether oxygens (including phenoxy) is 1. The monoisotopic (exact) mass is 302 g/mol. The molecule has 3 rings (SSSR count). The van der Waals surface area contributed by atoms with E-state index in [0.29, 0.717) is 11.4 Å². The second kappa shape index (κ2) is 5.14. The molecule has 0 fully saturated rings. The van der Waals surface area contributed by atoms with E-state index in [1.807, 2.05) is 12.1 Å². The van der Waals surface area contributed by atoms with E-state index in [1.54, 1.807) is 49.7 Å². The molecule has 2 N–H and O–H groups in total. The van der Waals surface area contributed by atoms with Crippen molar-refractivity contribution in [2.45, 2.75) is 4.90 Å². The zero-order valence-electron chi connectivity index (χ0n) is 11.3. The lowest BCUT2D eigenvalue weighted by Gasteiger charge is -2.07. The molecule has 5 nitrogen and oxygen atoms in total. The van der Waals surface area contributed by atoms with Crippen LogP contribution in [0.25, 0.3) is 10.9 Å². The molecule has 0 atom stereocenters. The van der Waals surface area contributed by atoms with E-state index in [-0.39, 0.29) is 4.90 Å². The van der Waals surface area contributed by atoms with E-state index in [4.69, 9.17) is 4.74 Å². The van der Waals surface area contributed by atoms with Crippen LogP contribution in [-0.4, -0.2) is 20.5 Å². The van der Waals surface area contributed by atoms with Crippen LogP contribution < -0.4 is 9.46 Å². The molecule has 0 spiro atoms. The summed E-state index contributed by atoms with van der Waals surface area (Å²) in [4.78, 5) is 3.26. The zero-order valence-corrected chi connectivity index (χ0v) is 12.1. The molecule has 0 bridgehead atoms. The summed E-state index contributed by atoms with van der Waals surface area (Å²) < 4.78 is 32.4. The smallest absolute Gasteiger partial charge is 0.261 e. The third-order valence-corrected chi connectivity index (χ3v) is 4.57. The second-order valence-corrected chi connectivity index (χ2v) is 6.21. The van der Waals surface area contributed by atoms with Crippen molar-refractivity contribution >= 4 is 26.6 Å². The summed E-state index contributed by atoms with van der Waals surface area (Å²) in [5.74, 6) is 0.669. The van der Waals surface area contributed by atoms with E-state index in [2.05, 4.69) is 9.71 Å². The van der Waals surface area contributed by atoms with E-state index in [0.717, 1.165) is 10.9 Å². The number of sulfonamides is 1. The van der Waals surface area contributed by atoms with Gasteiger partial charge in [0.25, 0.3) is 10.0 Å². The van der Waals surface area contributed by atoms with Crippen LogP contribution in [0.3, 0.4) is 0 Å². The van der Waals surface area contributed by atoms with Crippen molar-refractivity contribution in [3.63, 3.8) is 0 Å². The number of nitrogens with one attached hydrogen (secondary N) is 2. The minimum atomic E-state index is -3.61. The van der Waals surface area contributed by atoms with E-state index in [1.165, 1.54) is 0 Å². The number of benzene rings is 2. The van der Waals surface area contributed by atoms with Gasteiger partial charge in [-0.15, -0.1) is 0 Å². The van der Waals surface area contributed by atoms with Crippen molar-refractivity contribution < 1.29 is 13.2 Å². The molecule has 1 aromatic heterocycles. The zero-order chi connectivity index (χ0) is 14.9. The lowest BCUT2D eigenvalue weighted by molar-refractivity contribution is 0.415. The molecular weight excluding hydrogens is 288 g/mol. The third-order valence-electron chi connectivity index (χ3n) is 3.19. The van der Waals surface area contributed by atoms with Gasteiger partial charge in [0.05, 0.1) is 17.7 Å². The van der Waals surface area contributed by atoms with Gasteiger partial charge in [0.2, 0.25) is 0 Å². The van der Waals surface area contributed by atoms with Gasteiger partial charge < -0.3 is 9.72 Å². The summed E-state index contributed by atoms with van der Waals surface area (Å²) in [5, 5.41) is 0.758. The minimum Gasteiger partial charge on any atom is -0.497 e. The summed E-state index contributed by atoms with van der Waals surface area (Å²) in [6, 6.07) is 13.7. The van der Waals surface area contributed by atoms with Crippen LogP contribution in [0, 0.1) is 0 Å². The first-order valence-electron chi connectivity index (χ1n) is 6.33. The average molecular weight is 302 g/mol. The Kier molecular flexibility index (Phi) is 3.31. The highest BCUT2D eigenvalue weighted by molar-refractivity contribution is 7.92. The molecule has 108 valence electrons. The molecule has 0 radical (unpaired) electrons. The number of H-pyrrole nitrogens is 1. The van der Waals surface area contributed by atoms with Gasteiger partial charge in [-0.3, -0.25) is 4.72 Å².